The molecule has 1 N–H and O–H groups in total. The predicted molar refractivity (Wildman–Crippen MR) is 78.9 cm³/mol. The van der Waals surface area contributed by atoms with Crippen LogP contribution >= 0.6 is 0 Å². The fraction of sp³-hybridized carbons (Fsp3) is 0.938. The second-order valence-electron chi connectivity index (χ2n) is 7.53. The van der Waals surface area contributed by atoms with Gasteiger partial charge in [0.25, 0.3) is 0 Å². The third-order valence-electron chi connectivity index (χ3n) is 5.17. The van der Waals surface area contributed by atoms with Crippen LogP contribution in [0.2, 0.25) is 0 Å². The molecule has 0 saturated carbocycles. The van der Waals surface area contributed by atoms with Crippen molar-refractivity contribution in [3.8, 4) is 0 Å². The first-order valence-corrected chi connectivity index (χ1v) is 7.89. The van der Waals surface area contributed by atoms with Gasteiger partial charge in [-0.25, -0.2) is 0 Å². The van der Waals surface area contributed by atoms with Gasteiger partial charge in [0.1, 0.15) is 0 Å². The van der Waals surface area contributed by atoms with Gasteiger partial charge in [-0.3, -0.25) is 4.79 Å². The van der Waals surface area contributed by atoms with Crippen molar-refractivity contribution >= 4 is 5.91 Å². The number of nitrogens with one attached hydrogen (secondary N) is 1. The maximum atomic E-state index is 12.5. The number of hydrogen-bond donors (Lipinski definition) is 1. The van der Waals surface area contributed by atoms with E-state index in [4.69, 9.17) is 0 Å². The molecule has 3 nitrogen and oxygen atoms in total. The van der Waals surface area contributed by atoms with Gasteiger partial charge in [-0.05, 0) is 49.6 Å². The maximum absolute atomic E-state index is 12.5. The predicted octanol–water partition coefficient (Wildman–Crippen LogP) is 2.52. The summed E-state index contributed by atoms with van der Waals surface area (Å²) in [6.45, 7) is 13.1. The fourth-order valence-corrected chi connectivity index (χ4v) is 3.34. The number of amides is 1. The van der Waals surface area contributed by atoms with Crippen molar-refractivity contribution in [1.82, 2.24) is 10.2 Å². The lowest BCUT2D eigenvalue weighted by Crippen LogP contribution is -2.50. The lowest BCUT2D eigenvalue weighted by molar-refractivity contribution is -0.137. The van der Waals surface area contributed by atoms with Gasteiger partial charge in [0, 0.05) is 19.0 Å². The maximum Gasteiger partial charge on any atom is 0.225 e. The van der Waals surface area contributed by atoms with Crippen molar-refractivity contribution in [3.63, 3.8) is 0 Å². The zero-order chi connectivity index (χ0) is 14.0. The summed E-state index contributed by atoms with van der Waals surface area (Å²) in [5.41, 5.74) is 0.378. The average molecular weight is 266 g/mol. The summed E-state index contributed by atoms with van der Waals surface area (Å²) in [7, 11) is 0. The molecule has 19 heavy (non-hydrogen) atoms. The van der Waals surface area contributed by atoms with Crippen molar-refractivity contribution in [3.05, 3.63) is 0 Å². The van der Waals surface area contributed by atoms with Gasteiger partial charge in [0.2, 0.25) is 5.91 Å². The third-order valence-corrected chi connectivity index (χ3v) is 5.17. The molecule has 2 atom stereocenters. The van der Waals surface area contributed by atoms with Gasteiger partial charge in [-0.2, -0.15) is 0 Å². The van der Waals surface area contributed by atoms with E-state index >= 15 is 0 Å². The summed E-state index contributed by atoms with van der Waals surface area (Å²) in [5.74, 6) is 1.91. The van der Waals surface area contributed by atoms with Crippen LogP contribution in [0.5, 0.6) is 0 Å². The van der Waals surface area contributed by atoms with E-state index in [-0.39, 0.29) is 5.92 Å². The summed E-state index contributed by atoms with van der Waals surface area (Å²) in [6.07, 6.45) is 3.61. The Balaban J connectivity index is 1.89. The molecule has 0 aromatic rings. The monoisotopic (exact) mass is 266 g/mol. The van der Waals surface area contributed by atoms with Crippen LogP contribution in [-0.2, 0) is 4.79 Å². The number of nitrogens with zero attached hydrogens (tertiary/aromatic N) is 1. The van der Waals surface area contributed by atoms with Crippen LogP contribution in [0, 0.1) is 23.2 Å². The number of hydrogen-bond acceptors (Lipinski definition) is 2. The van der Waals surface area contributed by atoms with Crippen molar-refractivity contribution in [2.75, 3.05) is 26.2 Å². The zero-order valence-corrected chi connectivity index (χ0v) is 13.0. The molecule has 2 unspecified atom stereocenters. The number of carbonyl (C=O) groups excluding carboxylic acids is 1. The Morgan fingerprint density at radius 3 is 2.42 bits per heavy atom. The van der Waals surface area contributed by atoms with Crippen LogP contribution in [0.1, 0.15) is 47.0 Å². The highest BCUT2D eigenvalue weighted by atomic mass is 16.2. The van der Waals surface area contributed by atoms with Crippen LogP contribution in [0.25, 0.3) is 0 Å². The molecule has 110 valence electrons. The fourth-order valence-electron chi connectivity index (χ4n) is 3.34. The van der Waals surface area contributed by atoms with Crippen LogP contribution in [0.3, 0.4) is 0 Å². The van der Waals surface area contributed by atoms with E-state index in [2.05, 4.69) is 37.9 Å². The Bertz CT molecular complexity index is 317. The summed E-state index contributed by atoms with van der Waals surface area (Å²) >= 11 is 0. The summed E-state index contributed by atoms with van der Waals surface area (Å²) in [5, 5.41) is 3.27. The summed E-state index contributed by atoms with van der Waals surface area (Å²) < 4.78 is 0. The molecule has 3 heteroatoms. The normalized spacial score (nSPS) is 27.6. The number of rotatable bonds is 2. The number of likely N-dealkylation sites (tertiary alicyclic amines) is 1. The van der Waals surface area contributed by atoms with Crippen LogP contribution in [0.15, 0.2) is 0 Å². The lowest BCUT2D eigenvalue weighted by Gasteiger charge is -2.35. The topological polar surface area (TPSA) is 32.3 Å². The second-order valence-corrected chi connectivity index (χ2v) is 7.53. The molecule has 1 amide bonds. The third kappa shape index (κ3) is 3.50. The van der Waals surface area contributed by atoms with Gasteiger partial charge in [0.05, 0.1) is 0 Å². The Hall–Kier alpha value is -0.570. The number of carbonyl (C=O) groups is 1. The molecule has 0 bridgehead atoms. The smallest absolute Gasteiger partial charge is 0.225 e. The van der Waals surface area contributed by atoms with E-state index in [0.717, 1.165) is 32.1 Å². The van der Waals surface area contributed by atoms with Gasteiger partial charge in [0.15, 0.2) is 0 Å². The SMILES string of the molecule is CC(C(=O)N1CCCC(C(C)(C)C)CC1)C1CNC1. The second kappa shape index (κ2) is 5.82. The van der Waals surface area contributed by atoms with Gasteiger partial charge in [-0.15, -0.1) is 0 Å². The van der Waals surface area contributed by atoms with Crippen molar-refractivity contribution in [2.45, 2.75) is 47.0 Å². The molecule has 2 aliphatic heterocycles. The Morgan fingerprint density at radius 1 is 1.21 bits per heavy atom. The van der Waals surface area contributed by atoms with Crippen molar-refractivity contribution in [2.24, 2.45) is 23.2 Å². The Morgan fingerprint density at radius 2 is 1.89 bits per heavy atom. The lowest BCUT2D eigenvalue weighted by atomic mass is 9.77. The van der Waals surface area contributed by atoms with Crippen LogP contribution in [-0.4, -0.2) is 37.0 Å². The first kappa shape index (κ1) is 14.8. The molecule has 2 fully saturated rings. The molecule has 0 radical (unpaired) electrons. The van der Waals surface area contributed by atoms with E-state index in [1.807, 2.05) is 0 Å². The van der Waals surface area contributed by atoms with Crippen LogP contribution in [0.4, 0.5) is 0 Å². The standard InChI is InChI=1S/C16H30N2O/c1-12(13-10-17-11-13)15(19)18-8-5-6-14(7-9-18)16(2,3)4/h12-14,17H,5-11H2,1-4H3. The molecular weight excluding hydrogens is 236 g/mol. The highest BCUT2D eigenvalue weighted by molar-refractivity contribution is 5.79. The minimum Gasteiger partial charge on any atom is -0.342 e. The van der Waals surface area contributed by atoms with Crippen LogP contribution < -0.4 is 5.32 Å². The molecule has 2 aliphatic rings. The molecular formula is C16H30N2O. The quantitative estimate of drug-likeness (QED) is 0.833. The average Bonchev–Trinajstić information content (AvgIpc) is 2.50. The molecule has 2 saturated heterocycles. The summed E-state index contributed by atoms with van der Waals surface area (Å²) in [4.78, 5) is 14.7. The van der Waals surface area contributed by atoms with E-state index in [9.17, 15) is 4.79 Å². The first-order chi connectivity index (χ1) is 8.89. The van der Waals surface area contributed by atoms with E-state index in [0.29, 0.717) is 17.2 Å². The molecule has 2 rings (SSSR count). The Labute approximate surface area is 118 Å². The van der Waals surface area contributed by atoms with E-state index < -0.39 is 0 Å². The Kier molecular flexibility index (Phi) is 4.54. The molecule has 0 aromatic carbocycles. The highest BCUT2D eigenvalue weighted by Gasteiger charge is 2.33. The highest BCUT2D eigenvalue weighted by Crippen LogP contribution is 2.34. The van der Waals surface area contributed by atoms with Gasteiger partial charge >= 0.3 is 0 Å². The van der Waals surface area contributed by atoms with E-state index in [1.165, 1.54) is 19.3 Å². The first-order valence-electron chi connectivity index (χ1n) is 7.89. The minimum absolute atomic E-state index is 0.201. The molecule has 0 spiro atoms. The van der Waals surface area contributed by atoms with E-state index in [1.54, 1.807) is 0 Å². The van der Waals surface area contributed by atoms with Crippen molar-refractivity contribution < 1.29 is 4.79 Å². The van der Waals surface area contributed by atoms with Gasteiger partial charge < -0.3 is 10.2 Å². The largest absolute Gasteiger partial charge is 0.342 e. The molecule has 0 aromatic heterocycles. The minimum atomic E-state index is 0.201. The zero-order valence-electron chi connectivity index (χ0n) is 13.0. The van der Waals surface area contributed by atoms with Gasteiger partial charge in [-0.1, -0.05) is 27.7 Å². The van der Waals surface area contributed by atoms with Crippen molar-refractivity contribution in [1.29, 1.82) is 0 Å². The molecule has 0 aliphatic carbocycles. The molecule has 2 heterocycles. The summed E-state index contributed by atoms with van der Waals surface area (Å²) in [6, 6.07) is 0.